The van der Waals surface area contributed by atoms with Gasteiger partial charge in [-0.15, -0.1) is 27.2 Å². The van der Waals surface area contributed by atoms with Crippen LogP contribution in [0.25, 0.3) is 11.3 Å². The highest BCUT2D eigenvalue weighted by molar-refractivity contribution is 8.93. The molecule has 7 heteroatoms. The van der Waals surface area contributed by atoms with E-state index in [0.29, 0.717) is 11.4 Å². The van der Waals surface area contributed by atoms with Gasteiger partial charge in [0.25, 0.3) is 0 Å². The molecule has 0 saturated carbocycles. The van der Waals surface area contributed by atoms with Crippen LogP contribution >= 0.6 is 28.7 Å². The number of nitriles is 1. The maximum atomic E-state index is 10.2. The van der Waals surface area contributed by atoms with Crippen molar-refractivity contribution >= 4 is 45.7 Å². The van der Waals surface area contributed by atoms with Crippen molar-refractivity contribution in [1.82, 2.24) is 14.8 Å². The molecule has 0 N–H and O–H groups in total. The number of allylic oxidation sites excluding steroid dienone is 1. The summed E-state index contributed by atoms with van der Waals surface area (Å²) in [5, 5.41) is 22.1. The monoisotopic (exact) mass is 505 g/mol. The first kappa shape index (κ1) is 22.4. The molecule has 5 rings (SSSR count). The number of aromatic nitrogens is 3. The van der Waals surface area contributed by atoms with Crippen LogP contribution in [-0.4, -0.2) is 14.8 Å². The van der Waals surface area contributed by atoms with Crippen molar-refractivity contribution in [3.63, 3.8) is 0 Å². The fourth-order valence-corrected chi connectivity index (χ4v) is 5.14. The summed E-state index contributed by atoms with van der Waals surface area (Å²) >= 11 is 1.58. The summed E-state index contributed by atoms with van der Waals surface area (Å²) in [6.07, 6.45) is 4.32. The van der Waals surface area contributed by atoms with Crippen molar-refractivity contribution in [2.24, 2.45) is 0 Å². The molecule has 0 aliphatic carbocycles. The normalized spacial score (nSPS) is 17.0. The van der Waals surface area contributed by atoms with E-state index in [1.54, 1.807) is 11.8 Å². The highest BCUT2D eigenvalue weighted by Gasteiger charge is 2.30. The number of rotatable bonds is 3. The van der Waals surface area contributed by atoms with E-state index in [1.807, 2.05) is 18.2 Å². The van der Waals surface area contributed by atoms with Crippen molar-refractivity contribution in [3.05, 3.63) is 87.8 Å². The number of thioether (sulfide) groups is 1. The second-order valence-corrected chi connectivity index (χ2v) is 8.71. The smallest absolute Gasteiger partial charge is 0.177 e. The summed E-state index contributed by atoms with van der Waals surface area (Å²) < 4.78 is 2.14. The fourth-order valence-electron chi connectivity index (χ4n) is 4.12. The summed E-state index contributed by atoms with van der Waals surface area (Å²) in [6, 6.07) is 21.2. The average Bonchev–Trinajstić information content (AvgIpc) is 3.33. The van der Waals surface area contributed by atoms with Crippen LogP contribution < -0.4 is 4.90 Å². The highest BCUT2D eigenvalue weighted by Crippen LogP contribution is 2.46. The Morgan fingerprint density at radius 1 is 1.00 bits per heavy atom. The molecular weight excluding hydrogens is 482 g/mol. The summed E-state index contributed by atoms with van der Waals surface area (Å²) in [5.74, 6) is 1.67. The van der Waals surface area contributed by atoms with Crippen molar-refractivity contribution in [1.29, 1.82) is 5.26 Å². The first-order valence-electron chi connectivity index (χ1n) is 10.6. The lowest BCUT2D eigenvalue weighted by atomic mass is 10.1. The van der Waals surface area contributed by atoms with Crippen molar-refractivity contribution in [3.8, 4) is 6.07 Å². The number of benzene rings is 2. The number of hydrogen-bond donors (Lipinski definition) is 0. The summed E-state index contributed by atoms with van der Waals surface area (Å²) in [7, 11) is 0. The molecule has 3 heterocycles. The number of halogens is 1. The molecule has 32 heavy (non-hydrogen) atoms. The first-order valence-corrected chi connectivity index (χ1v) is 11.5. The van der Waals surface area contributed by atoms with Gasteiger partial charge in [-0.2, -0.15) is 5.26 Å². The number of para-hydroxylation sites is 1. The average molecular weight is 506 g/mol. The minimum Gasteiger partial charge on any atom is -0.310 e. The van der Waals surface area contributed by atoms with E-state index in [0.717, 1.165) is 53.6 Å². The van der Waals surface area contributed by atoms with E-state index < -0.39 is 0 Å². The van der Waals surface area contributed by atoms with Crippen LogP contribution in [-0.2, 0) is 13.0 Å². The molecule has 0 amide bonds. The van der Waals surface area contributed by atoms with Gasteiger partial charge in [-0.3, -0.25) is 0 Å². The number of anilines is 1. The minimum atomic E-state index is 0. The number of hydrogen-bond acceptors (Lipinski definition) is 5. The third kappa shape index (κ3) is 4.13. The summed E-state index contributed by atoms with van der Waals surface area (Å²) in [4.78, 5) is 2.17. The molecule has 162 valence electrons. The minimum absolute atomic E-state index is 0. The van der Waals surface area contributed by atoms with E-state index in [1.165, 1.54) is 12.0 Å². The zero-order chi connectivity index (χ0) is 21.2. The molecule has 0 fully saturated rings. The zero-order valence-electron chi connectivity index (χ0n) is 17.9. The lowest BCUT2D eigenvalue weighted by Crippen LogP contribution is -2.18. The second kappa shape index (κ2) is 9.76. The van der Waals surface area contributed by atoms with Crippen molar-refractivity contribution in [2.75, 3.05) is 4.90 Å². The Morgan fingerprint density at radius 2 is 1.78 bits per heavy atom. The molecular formula is C25H24BrN5S. The Labute approximate surface area is 203 Å². The number of nitrogens with zero attached hydrogens (tertiary/aromatic N) is 5. The molecule has 2 aliphatic heterocycles. The SMILES string of the molecule is Br.Cc1ccc(C2=CS/C(=C(/C#N)c3nnc4n3CCCCC4)N2c2ccccc2)cc1. The Hall–Kier alpha value is -2.82. The van der Waals surface area contributed by atoms with Gasteiger partial charge >= 0.3 is 0 Å². The lowest BCUT2D eigenvalue weighted by Gasteiger charge is -2.25. The molecule has 0 bridgehead atoms. The molecule has 2 aromatic carbocycles. The largest absolute Gasteiger partial charge is 0.310 e. The van der Waals surface area contributed by atoms with Crippen LogP contribution in [0, 0.1) is 18.3 Å². The van der Waals surface area contributed by atoms with E-state index in [-0.39, 0.29) is 17.0 Å². The second-order valence-electron chi connectivity index (χ2n) is 7.85. The molecule has 1 aromatic heterocycles. The third-order valence-electron chi connectivity index (χ3n) is 5.75. The number of aryl methyl sites for hydroxylation is 2. The van der Waals surface area contributed by atoms with Gasteiger partial charge in [0.05, 0.1) is 5.70 Å². The fraction of sp³-hybridized carbons (Fsp3) is 0.240. The van der Waals surface area contributed by atoms with Crippen LogP contribution in [0.5, 0.6) is 0 Å². The summed E-state index contributed by atoms with van der Waals surface area (Å²) in [5.41, 5.74) is 5.01. The molecule has 0 saturated heterocycles. The van der Waals surface area contributed by atoms with Gasteiger partial charge in [-0.25, -0.2) is 0 Å². The third-order valence-corrected chi connectivity index (χ3v) is 6.70. The Balaban J connectivity index is 0.00000245. The van der Waals surface area contributed by atoms with E-state index >= 15 is 0 Å². The standard InChI is InChI=1S/C25H23N5S.BrH/c1-18-11-13-19(14-12-18)22-17-31-25(30(22)20-8-4-2-5-9-20)21(16-26)24-28-27-23-10-6-3-7-15-29(23)24;/h2,4-5,8-9,11-14,17H,3,6-7,10,15H2,1H3;1H/b25-21-;. The quantitative estimate of drug-likeness (QED) is 0.389. The Kier molecular flexibility index (Phi) is 6.83. The van der Waals surface area contributed by atoms with Crippen LogP contribution in [0.3, 0.4) is 0 Å². The predicted molar refractivity (Wildman–Crippen MR) is 136 cm³/mol. The van der Waals surface area contributed by atoms with Gasteiger partial charge in [-0.05, 0) is 37.5 Å². The van der Waals surface area contributed by atoms with E-state index in [9.17, 15) is 5.26 Å². The molecule has 0 atom stereocenters. The molecule has 3 aromatic rings. The van der Waals surface area contributed by atoms with Gasteiger partial charge in [0.15, 0.2) is 5.82 Å². The maximum absolute atomic E-state index is 10.2. The molecule has 2 aliphatic rings. The van der Waals surface area contributed by atoms with Gasteiger partial charge in [-0.1, -0.05) is 66.2 Å². The van der Waals surface area contributed by atoms with E-state index in [4.69, 9.17) is 0 Å². The molecule has 0 radical (unpaired) electrons. The van der Waals surface area contributed by atoms with Crippen LogP contribution in [0.2, 0.25) is 0 Å². The van der Waals surface area contributed by atoms with Gasteiger partial charge in [0.2, 0.25) is 0 Å². The molecule has 5 nitrogen and oxygen atoms in total. The van der Waals surface area contributed by atoms with Gasteiger partial charge in [0, 0.05) is 24.1 Å². The maximum Gasteiger partial charge on any atom is 0.177 e. The number of fused-ring (bicyclic) bond motifs is 1. The first-order chi connectivity index (χ1) is 15.3. The van der Waals surface area contributed by atoms with Gasteiger partial charge in [0.1, 0.15) is 22.5 Å². The zero-order valence-corrected chi connectivity index (χ0v) is 20.4. The van der Waals surface area contributed by atoms with Crippen LogP contribution in [0.1, 0.15) is 42.0 Å². The Bertz CT molecular complexity index is 1210. The highest BCUT2D eigenvalue weighted by atomic mass is 79.9. The van der Waals surface area contributed by atoms with E-state index in [2.05, 4.69) is 74.5 Å². The Morgan fingerprint density at radius 3 is 2.53 bits per heavy atom. The van der Waals surface area contributed by atoms with Crippen LogP contribution in [0.15, 0.2) is 65.0 Å². The topological polar surface area (TPSA) is 57.7 Å². The van der Waals surface area contributed by atoms with Crippen LogP contribution in [0.4, 0.5) is 5.69 Å². The summed E-state index contributed by atoms with van der Waals surface area (Å²) in [6.45, 7) is 2.96. The van der Waals surface area contributed by atoms with Gasteiger partial charge < -0.3 is 9.47 Å². The molecule has 0 unspecified atom stereocenters. The lowest BCUT2D eigenvalue weighted by molar-refractivity contribution is 0.627. The molecule has 0 spiro atoms. The predicted octanol–water partition coefficient (Wildman–Crippen LogP) is 6.34. The van der Waals surface area contributed by atoms with Crippen molar-refractivity contribution < 1.29 is 0 Å². The van der Waals surface area contributed by atoms with Crippen molar-refractivity contribution in [2.45, 2.75) is 39.2 Å².